The van der Waals surface area contributed by atoms with Gasteiger partial charge in [-0.05, 0) is 36.4 Å². The van der Waals surface area contributed by atoms with Crippen molar-refractivity contribution < 1.29 is 14.3 Å². The molecule has 1 aliphatic rings. The first kappa shape index (κ1) is 14.1. The van der Waals surface area contributed by atoms with E-state index in [4.69, 9.17) is 4.74 Å². The molecule has 3 rings (SSSR count). The van der Waals surface area contributed by atoms with Gasteiger partial charge in [0.15, 0.2) is 5.78 Å². The quantitative estimate of drug-likeness (QED) is 0.645. The minimum absolute atomic E-state index is 0.164. The number of methoxy groups -OCH3 is 1. The zero-order valence-electron chi connectivity index (χ0n) is 12.4. The number of allylic oxidation sites excluding steroid dienone is 1. The summed E-state index contributed by atoms with van der Waals surface area (Å²) >= 11 is 0. The number of rotatable bonds is 3. The van der Waals surface area contributed by atoms with E-state index in [1.165, 1.54) is 6.08 Å². The second-order valence-electron chi connectivity index (χ2n) is 5.03. The van der Waals surface area contributed by atoms with Crippen molar-refractivity contribution in [1.82, 2.24) is 0 Å². The van der Waals surface area contributed by atoms with Crippen molar-refractivity contribution in [3.8, 4) is 5.75 Å². The summed E-state index contributed by atoms with van der Waals surface area (Å²) in [5.74, 6) is 0.324. The molecule has 0 N–H and O–H groups in total. The zero-order chi connectivity index (χ0) is 15.7. The van der Waals surface area contributed by atoms with Crippen LogP contribution in [-0.2, 0) is 4.79 Å². The van der Waals surface area contributed by atoms with Crippen LogP contribution >= 0.6 is 0 Å². The number of para-hydroxylation sites is 1. The largest absolute Gasteiger partial charge is 0.497 e. The van der Waals surface area contributed by atoms with Gasteiger partial charge in [0.2, 0.25) is 0 Å². The van der Waals surface area contributed by atoms with E-state index < -0.39 is 0 Å². The van der Waals surface area contributed by atoms with Gasteiger partial charge in [0.05, 0.1) is 18.4 Å². The van der Waals surface area contributed by atoms with Crippen molar-refractivity contribution in [2.45, 2.75) is 0 Å². The van der Waals surface area contributed by atoms with Crippen LogP contribution in [0.1, 0.15) is 15.9 Å². The summed E-state index contributed by atoms with van der Waals surface area (Å²) in [5, 5.41) is 0. The lowest BCUT2D eigenvalue weighted by Crippen LogP contribution is -2.20. The van der Waals surface area contributed by atoms with Gasteiger partial charge in [-0.1, -0.05) is 18.2 Å². The fourth-order valence-electron chi connectivity index (χ4n) is 2.51. The van der Waals surface area contributed by atoms with Crippen molar-refractivity contribution in [1.29, 1.82) is 0 Å². The first-order valence-corrected chi connectivity index (χ1v) is 6.89. The predicted octanol–water partition coefficient (Wildman–Crippen LogP) is 2.94. The Morgan fingerprint density at radius 1 is 1.09 bits per heavy atom. The molecule has 22 heavy (non-hydrogen) atoms. The number of carbonyl (C=O) groups is 2. The van der Waals surface area contributed by atoms with E-state index in [0.717, 1.165) is 11.3 Å². The molecule has 4 heteroatoms. The van der Waals surface area contributed by atoms with Crippen LogP contribution in [0.25, 0.3) is 5.57 Å². The summed E-state index contributed by atoms with van der Waals surface area (Å²) in [5.41, 5.74) is 2.56. The summed E-state index contributed by atoms with van der Waals surface area (Å²) in [7, 11) is 3.28. The van der Waals surface area contributed by atoms with Crippen LogP contribution in [0, 0.1) is 0 Å². The maximum atomic E-state index is 12.4. The highest BCUT2D eigenvalue weighted by molar-refractivity contribution is 6.35. The lowest BCUT2D eigenvalue weighted by molar-refractivity contribution is -0.112. The monoisotopic (exact) mass is 293 g/mol. The number of ether oxygens (including phenoxy) is 1. The molecule has 1 aliphatic heterocycles. The molecule has 0 saturated carbocycles. The van der Waals surface area contributed by atoms with Crippen LogP contribution in [0.15, 0.2) is 54.6 Å². The summed E-state index contributed by atoms with van der Waals surface area (Å²) in [6.45, 7) is 0. The number of likely N-dealkylation sites (N-methyl/N-ethyl adjacent to an activating group) is 1. The second-order valence-corrected chi connectivity index (χ2v) is 5.03. The van der Waals surface area contributed by atoms with E-state index in [1.807, 2.05) is 24.3 Å². The third kappa shape index (κ3) is 2.29. The molecule has 0 aromatic heterocycles. The Kier molecular flexibility index (Phi) is 3.51. The van der Waals surface area contributed by atoms with Gasteiger partial charge in [-0.15, -0.1) is 0 Å². The van der Waals surface area contributed by atoms with E-state index in [9.17, 15) is 9.59 Å². The van der Waals surface area contributed by atoms with Crippen LogP contribution in [0.5, 0.6) is 5.75 Å². The molecular formula is C18H15NO3. The molecule has 2 aromatic rings. The molecule has 0 radical (unpaired) electrons. The van der Waals surface area contributed by atoms with Gasteiger partial charge < -0.3 is 9.64 Å². The van der Waals surface area contributed by atoms with Crippen molar-refractivity contribution in [2.75, 3.05) is 19.1 Å². The molecule has 0 atom stereocenters. The molecule has 0 bridgehead atoms. The molecule has 1 heterocycles. The minimum atomic E-state index is -0.198. The van der Waals surface area contributed by atoms with Gasteiger partial charge in [-0.25, -0.2) is 0 Å². The van der Waals surface area contributed by atoms with Crippen molar-refractivity contribution >= 4 is 23.0 Å². The van der Waals surface area contributed by atoms with Gasteiger partial charge in [0.25, 0.3) is 5.91 Å². The summed E-state index contributed by atoms with van der Waals surface area (Å²) in [6.07, 6.45) is 1.41. The number of benzene rings is 2. The Labute approximate surface area is 128 Å². The van der Waals surface area contributed by atoms with Gasteiger partial charge in [0.1, 0.15) is 5.75 Å². The number of hydrogen-bond acceptors (Lipinski definition) is 3. The molecule has 0 saturated heterocycles. The molecule has 0 aliphatic carbocycles. The fraction of sp³-hybridized carbons (Fsp3) is 0.111. The van der Waals surface area contributed by atoms with E-state index in [-0.39, 0.29) is 11.7 Å². The van der Waals surface area contributed by atoms with Gasteiger partial charge in [0, 0.05) is 18.2 Å². The average Bonchev–Trinajstić information content (AvgIpc) is 2.80. The van der Waals surface area contributed by atoms with Crippen LogP contribution in [-0.4, -0.2) is 25.8 Å². The smallest absolute Gasteiger partial charge is 0.258 e. The van der Waals surface area contributed by atoms with Crippen molar-refractivity contribution in [3.05, 3.63) is 65.7 Å². The third-order valence-electron chi connectivity index (χ3n) is 3.74. The number of ketones is 1. The van der Waals surface area contributed by atoms with Gasteiger partial charge in [-0.2, -0.15) is 0 Å². The van der Waals surface area contributed by atoms with Gasteiger partial charge in [-0.3, -0.25) is 9.59 Å². The first-order valence-electron chi connectivity index (χ1n) is 6.89. The number of anilines is 1. The zero-order valence-corrected chi connectivity index (χ0v) is 12.4. The lowest BCUT2D eigenvalue weighted by atomic mass is 10.0. The first-order chi connectivity index (χ1) is 10.6. The summed E-state index contributed by atoms with van der Waals surface area (Å²) in [6, 6.07) is 14.3. The highest BCUT2D eigenvalue weighted by Gasteiger charge is 2.29. The van der Waals surface area contributed by atoms with Crippen LogP contribution < -0.4 is 9.64 Å². The highest BCUT2D eigenvalue weighted by atomic mass is 16.5. The Morgan fingerprint density at radius 2 is 1.77 bits per heavy atom. The van der Waals surface area contributed by atoms with Crippen LogP contribution in [0.4, 0.5) is 5.69 Å². The number of hydrogen-bond donors (Lipinski definition) is 0. The normalized spacial score (nSPS) is 15.1. The topological polar surface area (TPSA) is 46.6 Å². The molecule has 110 valence electrons. The molecule has 4 nitrogen and oxygen atoms in total. The Morgan fingerprint density at radius 3 is 2.45 bits per heavy atom. The molecule has 0 unspecified atom stereocenters. The number of amides is 1. The number of fused-ring (bicyclic) bond motifs is 1. The average molecular weight is 293 g/mol. The SMILES string of the molecule is COc1ccc(C(=O)/C=C2/C(=O)N(C)c3ccccc32)cc1. The summed E-state index contributed by atoms with van der Waals surface area (Å²) < 4.78 is 5.07. The molecule has 1 amide bonds. The molecule has 0 fully saturated rings. The maximum absolute atomic E-state index is 12.4. The van der Waals surface area contributed by atoms with E-state index in [2.05, 4.69) is 0 Å². The molecule has 0 spiro atoms. The van der Waals surface area contributed by atoms with E-state index in [1.54, 1.807) is 43.3 Å². The molecular weight excluding hydrogens is 278 g/mol. The predicted molar refractivity (Wildman–Crippen MR) is 85.2 cm³/mol. The Balaban J connectivity index is 1.97. The Bertz CT molecular complexity index is 775. The minimum Gasteiger partial charge on any atom is -0.497 e. The fourth-order valence-corrected chi connectivity index (χ4v) is 2.51. The lowest BCUT2D eigenvalue weighted by Gasteiger charge is -2.07. The maximum Gasteiger partial charge on any atom is 0.258 e. The van der Waals surface area contributed by atoms with Crippen LogP contribution in [0.2, 0.25) is 0 Å². The molecule has 2 aromatic carbocycles. The van der Waals surface area contributed by atoms with E-state index >= 15 is 0 Å². The van der Waals surface area contributed by atoms with Crippen LogP contribution in [0.3, 0.4) is 0 Å². The second kappa shape index (κ2) is 5.48. The highest BCUT2D eigenvalue weighted by Crippen LogP contribution is 2.35. The Hall–Kier alpha value is -2.88. The standard InChI is InChI=1S/C18H15NO3/c1-19-16-6-4-3-5-14(16)15(18(19)21)11-17(20)12-7-9-13(22-2)10-8-12/h3-11H,1-2H3/b15-11+. The third-order valence-corrected chi connectivity index (χ3v) is 3.74. The van der Waals surface area contributed by atoms with Crippen molar-refractivity contribution in [3.63, 3.8) is 0 Å². The van der Waals surface area contributed by atoms with E-state index in [0.29, 0.717) is 16.9 Å². The van der Waals surface area contributed by atoms with Crippen molar-refractivity contribution in [2.24, 2.45) is 0 Å². The summed E-state index contributed by atoms with van der Waals surface area (Å²) in [4.78, 5) is 26.2. The number of carbonyl (C=O) groups excluding carboxylic acids is 2. The number of nitrogens with zero attached hydrogens (tertiary/aromatic N) is 1. The van der Waals surface area contributed by atoms with Gasteiger partial charge >= 0.3 is 0 Å².